The molecule has 0 spiro atoms. The Morgan fingerprint density at radius 2 is 2.36 bits per heavy atom. The number of amidine groups is 1. The summed E-state index contributed by atoms with van der Waals surface area (Å²) in [6.45, 7) is 3.66. The van der Waals surface area contributed by atoms with Crippen LogP contribution < -0.4 is 0 Å². The molecule has 1 unspecified atom stereocenters. The maximum absolute atomic E-state index is 10.9. The maximum atomic E-state index is 10.9. The van der Waals surface area contributed by atoms with E-state index in [9.17, 15) is 4.21 Å². The molecule has 1 aliphatic heterocycles. The van der Waals surface area contributed by atoms with Crippen LogP contribution in [0.5, 0.6) is 0 Å². The fourth-order valence-electron chi connectivity index (χ4n) is 0.563. The summed E-state index contributed by atoms with van der Waals surface area (Å²) in [5, 5.41) is 5.79. The Labute approximate surface area is 67.8 Å². The number of rotatable bonds is 0. The fourth-order valence-corrected chi connectivity index (χ4v) is 1.00. The lowest BCUT2D eigenvalue weighted by atomic mass is 10.5. The molecular formula is C6H9N3OS. The van der Waals surface area contributed by atoms with Gasteiger partial charge in [0.05, 0.1) is 22.7 Å². The summed E-state index contributed by atoms with van der Waals surface area (Å²) >= 11 is 0. The highest BCUT2D eigenvalue weighted by molar-refractivity contribution is 7.99. The van der Waals surface area contributed by atoms with Gasteiger partial charge < -0.3 is 0 Å². The Morgan fingerprint density at radius 1 is 1.73 bits per heavy atom. The normalized spacial score (nSPS) is 20.0. The van der Waals surface area contributed by atoms with Crippen LogP contribution in [0.25, 0.3) is 0 Å². The van der Waals surface area contributed by atoms with Crippen molar-refractivity contribution in [3.05, 3.63) is 12.3 Å². The Morgan fingerprint density at radius 3 is 2.82 bits per heavy atom. The summed E-state index contributed by atoms with van der Waals surface area (Å²) in [5.74, 6) is 0. The lowest BCUT2D eigenvalue weighted by Gasteiger charge is -2.16. The summed E-state index contributed by atoms with van der Waals surface area (Å²) in [6, 6.07) is 0. The molecule has 0 aromatic carbocycles. The van der Waals surface area contributed by atoms with E-state index in [1.807, 2.05) is 0 Å². The van der Waals surface area contributed by atoms with Gasteiger partial charge in [0, 0.05) is 13.3 Å². The Kier molecular flexibility index (Phi) is 2.19. The number of hydrogen-bond donors (Lipinski definition) is 0. The minimum atomic E-state index is -1.12. The molecule has 0 bridgehead atoms. The van der Waals surface area contributed by atoms with Crippen molar-refractivity contribution in [2.45, 2.75) is 0 Å². The van der Waals surface area contributed by atoms with Crippen LogP contribution >= 0.6 is 0 Å². The molecule has 0 amide bonds. The highest BCUT2D eigenvalue weighted by Crippen LogP contribution is 2.03. The van der Waals surface area contributed by atoms with Crippen molar-refractivity contribution in [1.29, 1.82) is 0 Å². The van der Waals surface area contributed by atoms with E-state index < -0.39 is 10.8 Å². The topological polar surface area (TPSA) is 45.0 Å². The molecule has 11 heavy (non-hydrogen) atoms. The molecular weight excluding hydrogens is 162 g/mol. The van der Waals surface area contributed by atoms with Crippen LogP contribution in [-0.2, 0) is 10.8 Å². The summed E-state index contributed by atoms with van der Waals surface area (Å²) in [5.41, 5.74) is 0.694. The second kappa shape index (κ2) is 2.96. The SMILES string of the molecule is C=C1C=NC(S(C)=O)=NN1C. The maximum Gasteiger partial charge on any atom is 0.237 e. The average molecular weight is 171 g/mol. The van der Waals surface area contributed by atoms with Gasteiger partial charge in [0.2, 0.25) is 5.17 Å². The monoisotopic (exact) mass is 171 g/mol. The molecule has 5 heteroatoms. The van der Waals surface area contributed by atoms with Crippen LogP contribution in [0.1, 0.15) is 0 Å². The van der Waals surface area contributed by atoms with Crippen LogP contribution in [0.15, 0.2) is 22.4 Å². The van der Waals surface area contributed by atoms with Gasteiger partial charge in [-0.1, -0.05) is 6.58 Å². The Balaban J connectivity index is 2.88. The van der Waals surface area contributed by atoms with Crippen LogP contribution in [0.4, 0.5) is 0 Å². The van der Waals surface area contributed by atoms with E-state index in [2.05, 4.69) is 16.7 Å². The summed E-state index contributed by atoms with van der Waals surface area (Å²) in [7, 11) is 0.618. The third-order valence-electron chi connectivity index (χ3n) is 1.23. The van der Waals surface area contributed by atoms with E-state index in [1.165, 1.54) is 6.26 Å². The minimum absolute atomic E-state index is 0.333. The largest absolute Gasteiger partial charge is 0.265 e. The van der Waals surface area contributed by atoms with E-state index in [-0.39, 0.29) is 0 Å². The average Bonchev–Trinajstić information content (AvgIpc) is 1.94. The Hall–Kier alpha value is -0.970. The number of nitrogens with zero attached hydrogens (tertiary/aromatic N) is 3. The molecule has 0 aromatic rings. The predicted octanol–water partition coefficient (Wildman–Crippen LogP) is 0.166. The molecule has 1 aliphatic rings. The first kappa shape index (κ1) is 8.13. The van der Waals surface area contributed by atoms with Gasteiger partial charge in [0.1, 0.15) is 0 Å². The lowest BCUT2D eigenvalue weighted by Crippen LogP contribution is -2.20. The second-order valence-electron chi connectivity index (χ2n) is 2.11. The molecule has 0 fully saturated rings. The van der Waals surface area contributed by atoms with Crippen LogP contribution in [0, 0.1) is 0 Å². The van der Waals surface area contributed by atoms with Gasteiger partial charge in [-0.15, -0.1) is 5.10 Å². The van der Waals surface area contributed by atoms with Gasteiger partial charge in [0.25, 0.3) is 0 Å². The standard InChI is InChI=1S/C6H9N3OS/c1-5-4-7-6(11(3)10)8-9(5)2/h4H,1H2,2-3H3. The van der Waals surface area contributed by atoms with Gasteiger partial charge in [-0.3, -0.25) is 9.22 Å². The molecule has 1 rings (SSSR count). The molecule has 0 N–H and O–H groups in total. The first-order chi connectivity index (χ1) is 5.11. The van der Waals surface area contributed by atoms with E-state index in [0.29, 0.717) is 10.9 Å². The fraction of sp³-hybridized carbons (Fsp3) is 0.333. The smallest absolute Gasteiger partial charge is 0.237 e. The highest BCUT2D eigenvalue weighted by atomic mass is 32.2. The zero-order valence-corrected chi connectivity index (χ0v) is 7.26. The lowest BCUT2D eigenvalue weighted by molar-refractivity contribution is 0.470. The molecule has 0 aromatic heterocycles. The van der Waals surface area contributed by atoms with Crippen molar-refractivity contribution in [1.82, 2.24) is 5.01 Å². The molecule has 0 radical (unpaired) electrons. The van der Waals surface area contributed by atoms with Crippen LogP contribution in [-0.4, -0.2) is 33.9 Å². The zero-order chi connectivity index (χ0) is 8.43. The summed E-state index contributed by atoms with van der Waals surface area (Å²) in [6.07, 6.45) is 3.09. The Bertz CT molecular complexity index is 269. The van der Waals surface area contributed by atoms with Gasteiger partial charge in [0.15, 0.2) is 0 Å². The predicted molar refractivity (Wildman–Crippen MR) is 46.9 cm³/mol. The molecule has 0 saturated carbocycles. The van der Waals surface area contributed by atoms with Crippen molar-refractivity contribution < 1.29 is 4.21 Å². The van der Waals surface area contributed by atoms with Crippen LogP contribution in [0.2, 0.25) is 0 Å². The minimum Gasteiger partial charge on any atom is -0.265 e. The van der Waals surface area contributed by atoms with Gasteiger partial charge in [-0.25, -0.2) is 4.99 Å². The highest BCUT2D eigenvalue weighted by Gasteiger charge is 2.09. The molecule has 0 saturated heterocycles. The van der Waals surface area contributed by atoms with Crippen molar-refractivity contribution in [3.63, 3.8) is 0 Å². The number of hydrogen-bond acceptors (Lipinski definition) is 4. The van der Waals surface area contributed by atoms with Crippen molar-refractivity contribution >= 4 is 22.2 Å². The molecule has 0 aliphatic carbocycles. The van der Waals surface area contributed by atoms with Crippen molar-refractivity contribution in [2.24, 2.45) is 10.1 Å². The van der Waals surface area contributed by atoms with E-state index in [4.69, 9.17) is 0 Å². The third kappa shape index (κ3) is 1.74. The summed E-state index contributed by atoms with van der Waals surface area (Å²) in [4.78, 5) is 3.84. The van der Waals surface area contributed by atoms with Crippen molar-refractivity contribution in [3.8, 4) is 0 Å². The number of aliphatic imine (C=N–C) groups is 1. The van der Waals surface area contributed by atoms with E-state index in [0.717, 1.165) is 0 Å². The molecule has 4 nitrogen and oxygen atoms in total. The first-order valence-corrected chi connectivity index (χ1v) is 4.56. The number of allylic oxidation sites excluding steroid dienone is 1. The van der Waals surface area contributed by atoms with Gasteiger partial charge in [-0.05, 0) is 0 Å². The van der Waals surface area contributed by atoms with Gasteiger partial charge >= 0.3 is 0 Å². The van der Waals surface area contributed by atoms with Crippen molar-refractivity contribution in [2.75, 3.05) is 13.3 Å². The van der Waals surface area contributed by atoms with E-state index in [1.54, 1.807) is 18.3 Å². The number of hydrazone groups is 1. The molecule has 1 atom stereocenters. The summed E-state index contributed by atoms with van der Waals surface area (Å²) < 4.78 is 10.9. The third-order valence-corrected chi connectivity index (χ3v) is 1.93. The second-order valence-corrected chi connectivity index (χ2v) is 3.38. The zero-order valence-electron chi connectivity index (χ0n) is 6.44. The van der Waals surface area contributed by atoms with E-state index >= 15 is 0 Å². The first-order valence-electron chi connectivity index (χ1n) is 3.00. The van der Waals surface area contributed by atoms with Crippen LogP contribution in [0.3, 0.4) is 0 Å². The molecule has 1 heterocycles. The quantitative estimate of drug-likeness (QED) is 0.521. The molecule has 60 valence electrons. The van der Waals surface area contributed by atoms with Gasteiger partial charge in [-0.2, -0.15) is 0 Å².